The number of hydrogen-bond acceptors (Lipinski definition) is 2. The van der Waals surface area contributed by atoms with Crippen molar-refractivity contribution >= 4 is 23.7 Å². The van der Waals surface area contributed by atoms with Gasteiger partial charge in [0.25, 0.3) is 0 Å². The molecule has 1 aliphatic rings. The van der Waals surface area contributed by atoms with Crippen LogP contribution in [0.15, 0.2) is 30.3 Å². The summed E-state index contributed by atoms with van der Waals surface area (Å²) in [6.07, 6.45) is 6.57. The first-order valence-electron chi connectivity index (χ1n) is 8.36. The molecule has 1 fully saturated rings. The van der Waals surface area contributed by atoms with Crippen molar-refractivity contribution in [1.82, 2.24) is 15.1 Å². The van der Waals surface area contributed by atoms with Gasteiger partial charge in [0.1, 0.15) is 0 Å². The molecule has 1 N–H and O–H groups in total. The van der Waals surface area contributed by atoms with E-state index in [2.05, 4.69) is 22.4 Å². The topological polar surface area (TPSA) is 35.6 Å². The van der Waals surface area contributed by atoms with Gasteiger partial charge < -0.3 is 10.2 Å². The first-order chi connectivity index (χ1) is 11.2. The maximum atomic E-state index is 11.7. The van der Waals surface area contributed by atoms with E-state index in [1.165, 1.54) is 5.56 Å². The van der Waals surface area contributed by atoms with E-state index in [4.69, 9.17) is 11.6 Å². The number of nitrogens with zero attached hydrogens (tertiary/aromatic N) is 2. The zero-order valence-electron chi connectivity index (χ0n) is 13.8. The molecule has 23 heavy (non-hydrogen) atoms. The molecule has 0 saturated carbocycles. The monoisotopic (exact) mass is 335 g/mol. The number of carbonyl (C=O) groups excluding carboxylic acids is 1. The van der Waals surface area contributed by atoms with Crippen molar-refractivity contribution < 1.29 is 4.79 Å². The number of carbonyl (C=O) groups is 1. The summed E-state index contributed by atoms with van der Waals surface area (Å²) in [6, 6.07) is 7.95. The van der Waals surface area contributed by atoms with Gasteiger partial charge in [-0.3, -0.25) is 4.90 Å². The minimum absolute atomic E-state index is 0.0676. The highest BCUT2D eigenvalue weighted by molar-refractivity contribution is 6.30. The Morgan fingerprint density at radius 2 is 1.91 bits per heavy atom. The Kier molecular flexibility index (Phi) is 7.43. The summed E-state index contributed by atoms with van der Waals surface area (Å²) >= 11 is 5.87. The summed E-state index contributed by atoms with van der Waals surface area (Å²) < 4.78 is 0. The number of allylic oxidation sites excluding steroid dienone is 1. The van der Waals surface area contributed by atoms with Crippen LogP contribution in [-0.4, -0.2) is 55.1 Å². The summed E-state index contributed by atoms with van der Waals surface area (Å²) in [6.45, 7) is 7.33. The zero-order valence-corrected chi connectivity index (χ0v) is 14.6. The van der Waals surface area contributed by atoms with Gasteiger partial charge in [-0.15, -0.1) is 0 Å². The van der Waals surface area contributed by atoms with Crippen LogP contribution in [0.3, 0.4) is 0 Å². The van der Waals surface area contributed by atoms with E-state index in [0.29, 0.717) is 6.54 Å². The van der Waals surface area contributed by atoms with Crippen LogP contribution in [0.2, 0.25) is 5.02 Å². The molecule has 0 unspecified atom stereocenters. The Labute approximate surface area is 144 Å². The molecule has 0 spiro atoms. The van der Waals surface area contributed by atoms with Gasteiger partial charge in [-0.1, -0.05) is 35.9 Å². The van der Waals surface area contributed by atoms with Gasteiger partial charge in [0, 0.05) is 37.7 Å². The van der Waals surface area contributed by atoms with Crippen molar-refractivity contribution in [3.8, 4) is 0 Å². The Bertz CT molecular complexity index is 508. The van der Waals surface area contributed by atoms with Crippen molar-refractivity contribution in [3.63, 3.8) is 0 Å². The van der Waals surface area contributed by atoms with Gasteiger partial charge in [0.2, 0.25) is 0 Å². The number of benzene rings is 1. The lowest BCUT2D eigenvalue weighted by atomic mass is 10.2. The van der Waals surface area contributed by atoms with Gasteiger partial charge in [-0.05, 0) is 44.0 Å². The van der Waals surface area contributed by atoms with Crippen molar-refractivity contribution in [2.45, 2.75) is 19.8 Å². The summed E-state index contributed by atoms with van der Waals surface area (Å²) in [5, 5.41) is 3.63. The van der Waals surface area contributed by atoms with Crippen molar-refractivity contribution in [1.29, 1.82) is 0 Å². The molecule has 2 rings (SSSR count). The van der Waals surface area contributed by atoms with E-state index < -0.39 is 0 Å². The molecule has 0 aliphatic carbocycles. The predicted molar refractivity (Wildman–Crippen MR) is 96.8 cm³/mol. The van der Waals surface area contributed by atoms with E-state index in [0.717, 1.165) is 50.6 Å². The maximum absolute atomic E-state index is 11.7. The average Bonchev–Trinajstić information content (AvgIpc) is 2.57. The smallest absolute Gasteiger partial charge is 0.317 e. The lowest BCUT2D eigenvalue weighted by molar-refractivity contribution is 0.139. The van der Waals surface area contributed by atoms with Crippen LogP contribution in [0.1, 0.15) is 25.3 Å². The molecule has 0 aromatic heterocycles. The summed E-state index contributed by atoms with van der Waals surface area (Å²) in [5.41, 5.74) is 1.19. The van der Waals surface area contributed by atoms with Crippen LogP contribution < -0.4 is 5.32 Å². The van der Waals surface area contributed by atoms with Gasteiger partial charge in [-0.25, -0.2) is 4.79 Å². The van der Waals surface area contributed by atoms with Crippen molar-refractivity contribution in [2.75, 3.05) is 39.3 Å². The van der Waals surface area contributed by atoms with E-state index >= 15 is 0 Å². The van der Waals surface area contributed by atoms with Crippen LogP contribution in [-0.2, 0) is 0 Å². The first-order valence-corrected chi connectivity index (χ1v) is 8.74. The second kappa shape index (κ2) is 9.58. The Morgan fingerprint density at radius 1 is 1.22 bits per heavy atom. The number of urea groups is 1. The fourth-order valence-electron chi connectivity index (χ4n) is 2.66. The molecular weight excluding hydrogens is 310 g/mol. The summed E-state index contributed by atoms with van der Waals surface area (Å²) in [5.74, 6) is 0. The highest BCUT2D eigenvalue weighted by atomic mass is 35.5. The highest BCUT2D eigenvalue weighted by Gasteiger charge is 2.19. The predicted octanol–water partition coefficient (Wildman–Crippen LogP) is 3.48. The van der Waals surface area contributed by atoms with Gasteiger partial charge in [-0.2, -0.15) is 0 Å². The first kappa shape index (κ1) is 17.8. The van der Waals surface area contributed by atoms with Gasteiger partial charge >= 0.3 is 6.03 Å². The Morgan fingerprint density at radius 3 is 2.57 bits per heavy atom. The van der Waals surface area contributed by atoms with E-state index in [9.17, 15) is 4.79 Å². The SMILES string of the molecule is CCNC(=O)N1CCN(CCCC=Cc2ccc(Cl)cc2)CC1. The third kappa shape index (κ3) is 6.24. The summed E-state index contributed by atoms with van der Waals surface area (Å²) in [4.78, 5) is 16.1. The molecule has 2 amide bonds. The molecule has 4 nitrogen and oxygen atoms in total. The molecule has 1 saturated heterocycles. The van der Waals surface area contributed by atoms with Gasteiger partial charge in [0.15, 0.2) is 0 Å². The molecule has 1 heterocycles. The number of halogens is 1. The number of piperazine rings is 1. The normalized spacial score (nSPS) is 16.0. The van der Waals surface area contributed by atoms with E-state index in [1.54, 1.807) is 0 Å². The van der Waals surface area contributed by atoms with Crippen LogP contribution in [0, 0.1) is 0 Å². The molecule has 5 heteroatoms. The third-order valence-electron chi connectivity index (χ3n) is 4.01. The third-order valence-corrected chi connectivity index (χ3v) is 4.26. The Hall–Kier alpha value is -1.52. The van der Waals surface area contributed by atoms with Crippen LogP contribution in [0.25, 0.3) is 6.08 Å². The minimum Gasteiger partial charge on any atom is -0.338 e. The standard InChI is InChI=1S/C18H26ClN3O/c1-2-20-18(23)22-14-12-21(13-15-22)11-5-3-4-6-16-7-9-17(19)10-8-16/h4,6-10H,2-3,5,11-15H2,1H3,(H,20,23). The molecule has 0 bridgehead atoms. The lowest BCUT2D eigenvalue weighted by Crippen LogP contribution is -2.51. The number of rotatable bonds is 6. The van der Waals surface area contributed by atoms with E-state index in [-0.39, 0.29) is 6.03 Å². The number of amides is 2. The molecule has 0 radical (unpaired) electrons. The fraction of sp³-hybridized carbons (Fsp3) is 0.500. The average molecular weight is 336 g/mol. The van der Waals surface area contributed by atoms with Crippen molar-refractivity contribution in [2.24, 2.45) is 0 Å². The quantitative estimate of drug-likeness (QED) is 0.808. The largest absolute Gasteiger partial charge is 0.338 e. The molecule has 1 aromatic carbocycles. The number of unbranched alkanes of at least 4 members (excludes halogenated alkanes) is 1. The second-order valence-corrected chi connectivity index (χ2v) is 6.20. The molecule has 126 valence electrons. The van der Waals surface area contributed by atoms with Crippen LogP contribution >= 0.6 is 11.6 Å². The molecule has 0 atom stereocenters. The minimum atomic E-state index is 0.0676. The Balaban J connectivity index is 1.60. The highest BCUT2D eigenvalue weighted by Crippen LogP contribution is 2.11. The fourth-order valence-corrected chi connectivity index (χ4v) is 2.79. The molecule has 1 aromatic rings. The van der Waals surface area contributed by atoms with Crippen LogP contribution in [0.5, 0.6) is 0 Å². The lowest BCUT2D eigenvalue weighted by Gasteiger charge is -2.34. The molecule has 1 aliphatic heterocycles. The second-order valence-electron chi connectivity index (χ2n) is 5.76. The van der Waals surface area contributed by atoms with Gasteiger partial charge in [0.05, 0.1) is 0 Å². The van der Waals surface area contributed by atoms with Crippen LogP contribution in [0.4, 0.5) is 4.79 Å². The summed E-state index contributed by atoms with van der Waals surface area (Å²) in [7, 11) is 0. The maximum Gasteiger partial charge on any atom is 0.317 e. The molecular formula is C18H26ClN3O. The van der Waals surface area contributed by atoms with E-state index in [1.807, 2.05) is 36.1 Å². The van der Waals surface area contributed by atoms with Crippen molar-refractivity contribution in [3.05, 3.63) is 40.9 Å². The zero-order chi connectivity index (χ0) is 16.5. The number of nitrogens with one attached hydrogen (secondary N) is 1. The number of hydrogen-bond donors (Lipinski definition) is 1.